The van der Waals surface area contributed by atoms with Crippen LogP contribution in [0.2, 0.25) is 0 Å². The molecule has 0 saturated heterocycles. The average molecular weight is 226 g/mol. The van der Waals surface area contributed by atoms with E-state index >= 15 is 0 Å². The van der Waals surface area contributed by atoms with E-state index < -0.39 is 10.8 Å². The fourth-order valence-electron chi connectivity index (χ4n) is 1.15. The zero-order valence-corrected chi connectivity index (χ0v) is 9.91. The van der Waals surface area contributed by atoms with Gasteiger partial charge in [0.15, 0.2) is 0 Å². The van der Waals surface area contributed by atoms with Gasteiger partial charge in [0.1, 0.15) is 5.82 Å². The molecule has 0 aliphatic heterocycles. The summed E-state index contributed by atoms with van der Waals surface area (Å²) in [6.07, 6.45) is 3.84. The molecule has 0 spiro atoms. The SMILES string of the molecule is Cc1nc(S(C)=O)nc(=NC2CC2)n1C. The molecule has 6 heteroatoms. The Morgan fingerprint density at radius 3 is 2.67 bits per heavy atom. The second-order valence-corrected chi connectivity index (χ2v) is 5.00. The van der Waals surface area contributed by atoms with Crippen molar-refractivity contribution in [2.45, 2.75) is 31.0 Å². The summed E-state index contributed by atoms with van der Waals surface area (Å²) < 4.78 is 13.1. The molecule has 0 N–H and O–H groups in total. The van der Waals surface area contributed by atoms with E-state index in [1.165, 1.54) is 0 Å². The molecule has 1 aliphatic carbocycles. The molecule has 1 aliphatic rings. The molecule has 5 nitrogen and oxygen atoms in total. The summed E-state index contributed by atoms with van der Waals surface area (Å²) in [6, 6.07) is 0.406. The van der Waals surface area contributed by atoms with Crippen LogP contribution < -0.4 is 5.62 Å². The number of aryl methyl sites for hydroxylation is 1. The Morgan fingerprint density at radius 2 is 2.13 bits per heavy atom. The van der Waals surface area contributed by atoms with E-state index in [1.807, 2.05) is 18.5 Å². The lowest BCUT2D eigenvalue weighted by Gasteiger charge is -2.04. The Morgan fingerprint density at radius 1 is 1.47 bits per heavy atom. The second-order valence-electron chi connectivity index (χ2n) is 3.73. The molecule has 0 radical (unpaired) electrons. The highest BCUT2D eigenvalue weighted by molar-refractivity contribution is 7.84. The van der Waals surface area contributed by atoms with Crippen molar-refractivity contribution in [1.82, 2.24) is 14.5 Å². The molecule has 1 aromatic rings. The third-order valence-electron chi connectivity index (χ3n) is 2.34. The summed E-state index contributed by atoms with van der Waals surface area (Å²) in [5.41, 5.74) is 0.634. The molecule has 1 unspecified atom stereocenters. The van der Waals surface area contributed by atoms with Gasteiger partial charge in [0.05, 0.1) is 16.8 Å². The highest BCUT2D eigenvalue weighted by atomic mass is 32.2. The molecule has 1 saturated carbocycles. The highest BCUT2D eigenvalue weighted by Crippen LogP contribution is 2.22. The minimum atomic E-state index is -1.15. The lowest BCUT2D eigenvalue weighted by molar-refractivity contribution is 0.632. The number of aromatic nitrogens is 3. The van der Waals surface area contributed by atoms with Crippen molar-refractivity contribution in [2.75, 3.05) is 6.26 Å². The quantitative estimate of drug-likeness (QED) is 0.709. The van der Waals surface area contributed by atoms with Crippen molar-refractivity contribution < 1.29 is 4.21 Å². The van der Waals surface area contributed by atoms with Gasteiger partial charge in [-0.15, -0.1) is 0 Å². The van der Waals surface area contributed by atoms with Crippen molar-refractivity contribution in [3.63, 3.8) is 0 Å². The van der Waals surface area contributed by atoms with Crippen LogP contribution in [0.3, 0.4) is 0 Å². The molecular formula is C9H14N4OS. The first-order valence-electron chi connectivity index (χ1n) is 4.87. The van der Waals surface area contributed by atoms with Crippen LogP contribution in [0.25, 0.3) is 0 Å². The second kappa shape index (κ2) is 3.84. The zero-order valence-electron chi connectivity index (χ0n) is 9.10. The third-order valence-corrected chi connectivity index (χ3v) is 3.04. The number of nitrogens with zero attached hydrogens (tertiary/aromatic N) is 4. The molecule has 82 valence electrons. The van der Waals surface area contributed by atoms with E-state index in [2.05, 4.69) is 15.0 Å². The van der Waals surface area contributed by atoms with E-state index in [0.29, 0.717) is 16.8 Å². The van der Waals surface area contributed by atoms with Crippen LogP contribution >= 0.6 is 0 Å². The van der Waals surface area contributed by atoms with Gasteiger partial charge in [0.2, 0.25) is 10.8 Å². The normalized spacial score (nSPS) is 19.3. The molecule has 0 bridgehead atoms. The Kier molecular flexibility index (Phi) is 2.68. The third kappa shape index (κ3) is 2.31. The number of rotatable bonds is 2. The van der Waals surface area contributed by atoms with Crippen LogP contribution in [0, 0.1) is 6.92 Å². The van der Waals surface area contributed by atoms with Gasteiger partial charge in [0.25, 0.3) is 0 Å². The topological polar surface area (TPSA) is 60.1 Å². The first kappa shape index (κ1) is 10.5. The average Bonchev–Trinajstić information content (AvgIpc) is 2.96. The van der Waals surface area contributed by atoms with Crippen molar-refractivity contribution >= 4 is 10.8 Å². The molecule has 0 amide bonds. The van der Waals surface area contributed by atoms with E-state index in [0.717, 1.165) is 18.7 Å². The summed E-state index contributed by atoms with van der Waals surface area (Å²) in [7, 11) is 0.726. The van der Waals surface area contributed by atoms with Crippen molar-refractivity contribution in [3.8, 4) is 0 Å². The highest BCUT2D eigenvalue weighted by Gasteiger charge is 2.20. The first-order valence-corrected chi connectivity index (χ1v) is 6.42. The van der Waals surface area contributed by atoms with Crippen LogP contribution in [-0.2, 0) is 17.8 Å². The summed E-state index contributed by atoms with van der Waals surface area (Å²) in [4.78, 5) is 12.8. The van der Waals surface area contributed by atoms with Gasteiger partial charge in [-0.3, -0.25) is 4.21 Å². The fourth-order valence-corrected chi connectivity index (χ4v) is 1.63. The Hall–Kier alpha value is -1.04. The smallest absolute Gasteiger partial charge is 0.228 e. The van der Waals surface area contributed by atoms with Crippen molar-refractivity contribution in [1.29, 1.82) is 0 Å². The van der Waals surface area contributed by atoms with Crippen molar-refractivity contribution in [2.24, 2.45) is 12.0 Å². The largest absolute Gasteiger partial charge is 0.302 e. The lowest BCUT2D eigenvalue weighted by atomic mass is 10.6. The molecule has 15 heavy (non-hydrogen) atoms. The van der Waals surface area contributed by atoms with Crippen LogP contribution in [0.1, 0.15) is 18.7 Å². The standard InChI is InChI=1S/C9H14N4OS/c1-6-10-9(15(3)14)12-8(13(6)2)11-7-4-5-7/h7H,4-5H2,1-3H3. The maximum atomic E-state index is 11.3. The molecule has 0 aromatic carbocycles. The summed E-state index contributed by atoms with van der Waals surface area (Å²) in [5, 5.41) is 0.366. The number of hydrogen-bond donors (Lipinski definition) is 0. The Bertz CT molecular complexity index is 475. The lowest BCUT2D eigenvalue weighted by Crippen LogP contribution is -2.27. The van der Waals surface area contributed by atoms with E-state index in [9.17, 15) is 4.21 Å². The van der Waals surface area contributed by atoms with Gasteiger partial charge in [-0.1, -0.05) is 0 Å². The monoisotopic (exact) mass is 226 g/mol. The van der Waals surface area contributed by atoms with Crippen LogP contribution in [0.15, 0.2) is 10.1 Å². The van der Waals surface area contributed by atoms with Gasteiger partial charge in [0, 0.05) is 13.3 Å². The van der Waals surface area contributed by atoms with Gasteiger partial charge in [-0.05, 0) is 19.8 Å². The first-order chi connectivity index (χ1) is 7.08. The van der Waals surface area contributed by atoms with Gasteiger partial charge in [-0.2, -0.15) is 4.98 Å². The molecule has 1 aromatic heterocycles. The maximum absolute atomic E-state index is 11.3. The van der Waals surface area contributed by atoms with Crippen LogP contribution in [-0.4, -0.2) is 31.0 Å². The summed E-state index contributed by atoms with van der Waals surface area (Å²) in [6.45, 7) is 1.87. The van der Waals surface area contributed by atoms with Crippen molar-refractivity contribution in [3.05, 3.63) is 11.4 Å². The predicted octanol–water partition coefficient (Wildman–Crippen LogP) is -0.0760. The van der Waals surface area contributed by atoms with Gasteiger partial charge >= 0.3 is 0 Å². The Labute approximate surface area is 90.8 Å². The molecule has 1 fully saturated rings. The van der Waals surface area contributed by atoms with E-state index in [4.69, 9.17) is 0 Å². The van der Waals surface area contributed by atoms with Gasteiger partial charge < -0.3 is 4.57 Å². The number of hydrogen-bond acceptors (Lipinski definition) is 4. The molecule has 2 rings (SSSR count). The van der Waals surface area contributed by atoms with Crippen LogP contribution in [0.5, 0.6) is 0 Å². The minimum absolute atomic E-state index is 0.366. The minimum Gasteiger partial charge on any atom is -0.302 e. The predicted molar refractivity (Wildman–Crippen MR) is 56.7 cm³/mol. The van der Waals surface area contributed by atoms with E-state index in [1.54, 1.807) is 6.26 Å². The van der Waals surface area contributed by atoms with Crippen LogP contribution in [0.4, 0.5) is 0 Å². The molecular weight excluding hydrogens is 212 g/mol. The fraction of sp³-hybridized carbons (Fsp3) is 0.667. The summed E-state index contributed by atoms with van der Waals surface area (Å²) >= 11 is 0. The van der Waals surface area contributed by atoms with Gasteiger partial charge in [-0.25, -0.2) is 9.98 Å². The summed E-state index contributed by atoms with van der Waals surface area (Å²) in [5.74, 6) is 0.787. The molecule has 1 heterocycles. The van der Waals surface area contributed by atoms with E-state index in [-0.39, 0.29) is 0 Å². The zero-order chi connectivity index (χ0) is 11.0. The molecule has 1 atom stereocenters. The maximum Gasteiger partial charge on any atom is 0.228 e. The Balaban J connectivity index is 2.56.